The lowest BCUT2D eigenvalue weighted by Gasteiger charge is -2.34. The molecule has 0 aliphatic carbocycles. The molecule has 0 saturated carbocycles. The molecular weight excluding hydrogens is 578 g/mol. The molecule has 2 aliphatic rings. The molecule has 1 aromatic carbocycles. The predicted molar refractivity (Wildman–Crippen MR) is 180 cm³/mol. The zero-order valence-corrected chi connectivity index (χ0v) is 27.9. The van der Waals surface area contributed by atoms with E-state index in [4.69, 9.17) is 9.72 Å². The maximum atomic E-state index is 13.8. The second-order valence-electron chi connectivity index (χ2n) is 13.4. The van der Waals surface area contributed by atoms with Gasteiger partial charge in [-0.3, -0.25) is 14.5 Å². The van der Waals surface area contributed by atoms with Crippen molar-refractivity contribution >= 4 is 17.3 Å². The SMILES string of the molecule is Cc1c(C(=O)NCC2C(=O)NC(C)CC2C)cc2cc(-c3cn(-c4ccc(CN(C)C)cc4)cn3)cn2c1C(C)N1CCOCC1. The normalized spacial score (nSPS) is 21.5. The van der Waals surface area contributed by atoms with Crippen LogP contribution in [0.5, 0.6) is 0 Å². The van der Waals surface area contributed by atoms with Gasteiger partial charge in [0, 0.05) is 78.7 Å². The molecule has 0 radical (unpaired) electrons. The molecule has 4 atom stereocenters. The molecule has 2 saturated heterocycles. The van der Waals surface area contributed by atoms with Crippen molar-refractivity contribution in [1.82, 2.24) is 34.4 Å². The Morgan fingerprint density at radius 1 is 1.13 bits per heavy atom. The first-order chi connectivity index (χ1) is 22.1. The first-order valence-corrected chi connectivity index (χ1v) is 16.4. The van der Waals surface area contributed by atoms with Gasteiger partial charge in [-0.1, -0.05) is 19.1 Å². The van der Waals surface area contributed by atoms with E-state index in [2.05, 4.69) is 95.5 Å². The molecular formula is C36H47N7O3. The van der Waals surface area contributed by atoms with Crippen LogP contribution < -0.4 is 10.6 Å². The van der Waals surface area contributed by atoms with Crippen molar-refractivity contribution in [1.29, 1.82) is 0 Å². The van der Waals surface area contributed by atoms with Crippen LogP contribution in [-0.4, -0.2) is 88.6 Å². The van der Waals surface area contributed by atoms with E-state index < -0.39 is 0 Å². The van der Waals surface area contributed by atoms with Gasteiger partial charge in [0.05, 0.1) is 31.2 Å². The number of benzene rings is 1. The van der Waals surface area contributed by atoms with Crippen LogP contribution >= 0.6 is 0 Å². The maximum absolute atomic E-state index is 13.8. The molecule has 6 rings (SSSR count). The highest BCUT2D eigenvalue weighted by Crippen LogP contribution is 2.32. The van der Waals surface area contributed by atoms with Crippen molar-refractivity contribution in [2.45, 2.75) is 52.7 Å². The average molecular weight is 626 g/mol. The molecule has 10 nitrogen and oxygen atoms in total. The fourth-order valence-electron chi connectivity index (χ4n) is 7.14. The standard InChI is InChI=1S/C36H47N7O3/c1-23-15-24(2)39-36(45)32(23)18-37-35(44)31-17-30-16-28(20-43(30)34(25(31)3)26(4)41-11-13-46-14-12-41)33-21-42(22-38-33)29-9-7-27(8-10-29)19-40(5)6/h7-10,16-17,20-24,26,32H,11-15,18-19H2,1-6H3,(H,37,44)(H,39,45). The summed E-state index contributed by atoms with van der Waals surface area (Å²) in [6.45, 7) is 12.6. The number of hydrogen-bond acceptors (Lipinski definition) is 6. The first kappa shape index (κ1) is 32.0. The minimum Gasteiger partial charge on any atom is -0.379 e. The Morgan fingerprint density at radius 3 is 2.57 bits per heavy atom. The van der Waals surface area contributed by atoms with Gasteiger partial charge in [0.1, 0.15) is 0 Å². The van der Waals surface area contributed by atoms with Crippen molar-refractivity contribution in [3.05, 3.63) is 77.5 Å². The van der Waals surface area contributed by atoms with Gasteiger partial charge in [0.2, 0.25) is 5.91 Å². The zero-order chi connectivity index (χ0) is 32.5. The Bertz CT molecular complexity index is 1700. The van der Waals surface area contributed by atoms with Gasteiger partial charge in [-0.15, -0.1) is 0 Å². The van der Waals surface area contributed by atoms with Gasteiger partial charge in [0.15, 0.2) is 0 Å². The molecule has 2 aliphatic heterocycles. The van der Waals surface area contributed by atoms with Crippen molar-refractivity contribution in [3.8, 4) is 16.9 Å². The third-order valence-corrected chi connectivity index (χ3v) is 9.66. The largest absolute Gasteiger partial charge is 0.379 e. The summed E-state index contributed by atoms with van der Waals surface area (Å²) in [4.78, 5) is 35.9. The molecule has 46 heavy (non-hydrogen) atoms. The Kier molecular flexibility index (Phi) is 9.31. The van der Waals surface area contributed by atoms with Gasteiger partial charge < -0.3 is 29.2 Å². The summed E-state index contributed by atoms with van der Waals surface area (Å²) in [6.07, 6.45) is 6.95. The summed E-state index contributed by atoms with van der Waals surface area (Å²) in [6, 6.07) is 12.8. The Balaban J connectivity index is 1.32. The minimum absolute atomic E-state index is 0.0144. The number of pyridine rings is 1. The van der Waals surface area contributed by atoms with E-state index in [9.17, 15) is 9.59 Å². The van der Waals surface area contributed by atoms with Gasteiger partial charge in [-0.05, 0) is 82.6 Å². The van der Waals surface area contributed by atoms with Gasteiger partial charge in [0.25, 0.3) is 5.91 Å². The molecule has 2 amide bonds. The van der Waals surface area contributed by atoms with Crippen molar-refractivity contribution < 1.29 is 14.3 Å². The molecule has 2 N–H and O–H groups in total. The Hall–Kier alpha value is -3.99. The highest BCUT2D eigenvalue weighted by Gasteiger charge is 2.33. The molecule has 244 valence electrons. The van der Waals surface area contributed by atoms with Crippen LogP contribution in [0.4, 0.5) is 0 Å². The number of ether oxygens (including phenoxy) is 1. The number of imidazole rings is 1. The summed E-state index contributed by atoms with van der Waals surface area (Å²) < 4.78 is 9.91. The molecule has 10 heteroatoms. The fraction of sp³-hybridized carbons (Fsp3) is 0.472. The average Bonchev–Trinajstić information content (AvgIpc) is 3.68. The highest BCUT2D eigenvalue weighted by atomic mass is 16.5. The lowest BCUT2D eigenvalue weighted by molar-refractivity contribution is -0.129. The van der Waals surface area contributed by atoms with Gasteiger partial charge in [-0.25, -0.2) is 4.98 Å². The van der Waals surface area contributed by atoms with Gasteiger partial charge in [-0.2, -0.15) is 0 Å². The number of nitrogens with one attached hydrogen (secondary N) is 2. The Labute approximate surface area is 271 Å². The van der Waals surface area contributed by atoms with E-state index in [0.717, 1.165) is 59.8 Å². The van der Waals surface area contributed by atoms with E-state index in [0.29, 0.717) is 25.3 Å². The number of morpholine rings is 1. The summed E-state index contributed by atoms with van der Waals surface area (Å²) in [5, 5.41) is 6.15. The first-order valence-electron chi connectivity index (χ1n) is 16.4. The van der Waals surface area contributed by atoms with Crippen LogP contribution in [0.3, 0.4) is 0 Å². The van der Waals surface area contributed by atoms with Crippen LogP contribution in [0.15, 0.2) is 55.1 Å². The van der Waals surface area contributed by atoms with E-state index in [1.165, 1.54) is 5.56 Å². The van der Waals surface area contributed by atoms with Crippen LogP contribution in [0.2, 0.25) is 0 Å². The van der Waals surface area contributed by atoms with Crippen molar-refractivity contribution in [2.75, 3.05) is 46.9 Å². The van der Waals surface area contributed by atoms with Crippen molar-refractivity contribution in [2.24, 2.45) is 11.8 Å². The molecule has 5 heterocycles. The Morgan fingerprint density at radius 2 is 1.87 bits per heavy atom. The number of hydrogen-bond donors (Lipinski definition) is 2. The minimum atomic E-state index is -0.241. The number of aromatic nitrogens is 3. The number of nitrogens with zero attached hydrogens (tertiary/aromatic N) is 5. The summed E-state index contributed by atoms with van der Waals surface area (Å²) in [7, 11) is 4.14. The lowest BCUT2D eigenvalue weighted by Crippen LogP contribution is -2.50. The molecule has 0 spiro atoms. The van der Waals surface area contributed by atoms with Gasteiger partial charge >= 0.3 is 0 Å². The molecule has 0 bridgehead atoms. The van der Waals surface area contributed by atoms with Crippen LogP contribution in [0.1, 0.15) is 60.4 Å². The van der Waals surface area contributed by atoms with Crippen LogP contribution in [0.25, 0.3) is 22.5 Å². The fourth-order valence-corrected chi connectivity index (χ4v) is 7.14. The molecule has 4 unspecified atom stereocenters. The predicted octanol–water partition coefficient (Wildman–Crippen LogP) is 4.45. The lowest BCUT2D eigenvalue weighted by atomic mass is 9.84. The number of carbonyl (C=O) groups excluding carboxylic acids is 2. The van der Waals surface area contributed by atoms with Crippen LogP contribution in [-0.2, 0) is 16.1 Å². The monoisotopic (exact) mass is 625 g/mol. The maximum Gasteiger partial charge on any atom is 0.251 e. The van der Waals surface area contributed by atoms with E-state index in [-0.39, 0.29) is 35.7 Å². The van der Waals surface area contributed by atoms with Crippen LogP contribution in [0, 0.1) is 18.8 Å². The smallest absolute Gasteiger partial charge is 0.251 e. The summed E-state index contributed by atoms with van der Waals surface area (Å²) in [5.41, 5.74) is 7.73. The highest BCUT2D eigenvalue weighted by molar-refractivity contribution is 5.97. The number of piperidine rings is 1. The van der Waals surface area contributed by atoms with Crippen molar-refractivity contribution in [3.63, 3.8) is 0 Å². The zero-order valence-electron chi connectivity index (χ0n) is 27.9. The second-order valence-corrected chi connectivity index (χ2v) is 13.4. The summed E-state index contributed by atoms with van der Waals surface area (Å²) >= 11 is 0. The summed E-state index contributed by atoms with van der Waals surface area (Å²) in [5.74, 6) is -0.178. The number of carbonyl (C=O) groups is 2. The topological polar surface area (TPSA) is 96.1 Å². The van der Waals surface area contributed by atoms with E-state index in [1.54, 1.807) is 0 Å². The van der Waals surface area contributed by atoms with E-state index in [1.807, 2.05) is 30.8 Å². The molecule has 3 aromatic heterocycles. The number of amides is 2. The quantitative estimate of drug-likeness (QED) is 0.286. The molecule has 2 fully saturated rings. The second kappa shape index (κ2) is 13.4. The van der Waals surface area contributed by atoms with E-state index >= 15 is 0 Å². The molecule has 4 aromatic rings. The third kappa shape index (κ3) is 6.61. The number of rotatable bonds is 9. The third-order valence-electron chi connectivity index (χ3n) is 9.66. The number of fused-ring (bicyclic) bond motifs is 1.